The summed E-state index contributed by atoms with van der Waals surface area (Å²) in [6, 6.07) is 0. The fraction of sp³-hybridized carbons (Fsp3) is 0.875. The highest BCUT2D eigenvalue weighted by atomic mass is 16.5. The van der Waals surface area contributed by atoms with Crippen LogP contribution in [0.15, 0.2) is 0 Å². The van der Waals surface area contributed by atoms with E-state index in [0.717, 1.165) is 0 Å². The quantitative estimate of drug-likeness (QED) is 0.612. The van der Waals surface area contributed by atoms with Crippen LogP contribution in [0, 0.1) is 0 Å². The molecule has 3 heteroatoms. The third kappa shape index (κ3) is 5.85. The predicted octanol–water partition coefficient (Wildman–Crippen LogP) is 1.10. The summed E-state index contributed by atoms with van der Waals surface area (Å²) >= 11 is 0. The minimum absolute atomic E-state index is 0.222. The second-order valence-electron chi connectivity index (χ2n) is 2.41. The molecule has 11 heavy (non-hydrogen) atoms. The molecule has 3 nitrogen and oxygen atoms in total. The van der Waals surface area contributed by atoms with Crippen molar-refractivity contribution in [3.05, 3.63) is 0 Å². The SMILES string of the molecule is CCOC(=O)CC[C@H](O)CC. The van der Waals surface area contributed by atoms with Crippen molar-refractivity contribution in [3.63, 3.8) is 0 Å². The van der Waals surface area contributed by atoms with E-state index in [1.54, 1.807) is 6.92 Å². The minimum atomic E-state index is -0.362. The van der Waals surface area contributed by atoms with Gasteiger partial charge in [0.2, 0.25) is 0 Å². The van der Waals surface area contributed by atoms with Crippen LogP contribution in [0.25, 0.3) is 0 Å². The number of ether oxygens (including phenoxy) is 1. The van der Waals surface area contributed by atoms with Crippen LogP contribution in [0.4, 0.5) is 0 Å². The largest absolute Gasteiger partial charge is 0.466 e. The second kappa shape index (κ2) is 6.16. The third-order valence-corrected chi connectivity index (χ3v) is 1.46. The van der Waals surface area contributed by atoms with E-state index in [9.17, 15) is 4.79 Å². The summed E-state index contributed by atoms with van der Waals surface area (Å²) in [6.07, 6.45) is 1.16. The Morgan fingerprint density at radius 1 is 1.55 bits per heavy atom. The van der Waals surface area contributed by atoms with Gasteiger partial charge in [0, 0.05) is 6.42 Å². The van der Waals surface area contributed by atoms with Gasteiger partial charge in [0.1, 0.15) is 0 Å². The van der Waals surface area contributed by atoms with Crippen molar-refractivity contribution in [1.82, 2.24) is 0 Å². The average Bonchev–Trinajstić information content (AvgIpc) is 2.01. The Kier molecular flexibility index (Phi) is 5.84. The summed E-state index contributed by atoms with van der Waals surface area (Å²) < 4.78 is 4.69. The fourth-order valence-corrected chi connectivity index (χ4v) is 0.722. The topological polar surface area (TPSA) is 46.5 Å². The monoisotopic (exact) mass is 160 g/mol. The van der Waals surface area contributed by atoms with Crippen LogP contribution in [-0.4, -0.2) is 23.8 Å². The van der Waals surface area contributed by atoms with E-state index in [1.165, 1.54) is 0 Å². The van der Waals surface area contributed by atoms with Crippen molar-refractivity contribution in [2.75, 3.05) is 6.61 Å². The Labute approximate surface area is 67.4 Å². The van der Waals surface area contributed by atoms with Crippen LogP contribution < -0.4 is 0 Å². The molecule has 0 aliphatic carbocycles. The summed E-state index contributed by atoms with van der Waals surface area (Å²) in [7, 11) is 0. The van der Waals surface area contributed by atoms with Crippen LogP contribution in [0.1, 0.15) is 33.1 Å². The molecule has 0 amide bonds. The van der Waals surface area contributed by atoms with E-state index in [1.807, 2.05) is 6.92 Å². The van der Waals surface area contributed by atoms with Crippen molar-refractivity contribution < 1.29 is 14.6 Å². The third-order valence-electron chi connectivity index (χ3n) is 1.46. The van der Waals surface area contributed by atoms with Crippen LogP contribution in [0.3, 0.4) is 0 Å². The number of aliphatic hydroxyl groups is 1. The first kappa shape index (κ1) is 10.4. The van der Waals surface area contributed by atoms with Gasteiger partial charge in [0.15, 0.2) is 0 Å². The molecule has 0 fully saturated rings. The molecule has 66 valence electrons. The van der Waals surface area contributed by atoms with E-state index in [2.05, 4.69) is 4.74 Å². The van der Waals surface area contributed by atoms with E-state index >= 15 is 0 Å². The molecule has 0 radical (unpaired) electrons. The molecule has 1 N–H and O–H groups in total. The van der Waals surface area contributed by atoms with Crippen LogP contribution in [0.5, 0.6) is 0 Å². The van der Waals surface area contributed by atoms with Crippen LogP contribution in [-0.2, 0) is 9.53 Å². The fourth-order valence-electron chi connectivity index (χ4n) is 0.722. The van der Waals surface area contributed by atoms with Gasteiger partial charge in [0.25, 0.3) is 0 Å². The zero-order valence-corrected chi connectivity index (χ0v) is 7.17. The molecule has 0 aromatic heterocycles. The molecular weight excluding hydrogens is 144 g/mol. The van der Waals surface area contributed by atoms with Gasteiger partial charge in [-0.1, -0.05) is 6.92 Å². The summed E-state index contributed by atoms with van der Waals surface area (Å²) in [6.45, 7) is 4.07. The number of rotatable bonds is 5. The minimum Gasteiger partial charge on any atom is -0.466 e. The Bertz CT molecular complexity index is 112. The molecular formula is C8H16O3. The van der Waals surface area contributed by atoms with E-state index in [4.69, 9.17) is 5.11 Å². The highest BCUT2D eigenvalue weighted by Crippen LogP contribution is 2.01. The number of esters is 1. The van der Waals surface area contributed by atoms with Crippen molar-refractivity contribution in [2.45, 2.75) is 39.2 Å². The molecule has 0 aliphatic heterocycles. The van der Waals surface area contributed by atoms with Gasteiger partial charge >= 0.3 is 5.97 Å². The van der Waals surface area contributed by atoms with Crippen LogP contribution in [0.2, 0.25) is 0 Å². The average molecular weight is 160 g/mol. The Morgan fingerprint density at radius 3 is 2.64 bits per heavy atom. The highest BCUT2D eigenvalue weighted by Gasteiger charge is 2.05. The molecule has 0 unspecified atom stereocenters. The molecule has 0 aromatic rings. The molecule has 0 bridgehead atoms. The number of carbonyl (C=O) groups excluding carboxylic acids is 1. The molecule has 0 saturated heterocycles. The smallest absolute Gasteiger partial charge is 0.305 e. The van der Waals surface area contributed by atoms with E-state index in [0.29, 0.717) is 25.9 Å². The maximum atomic E-state index is 10.7. The van der Waals surface area contributed by atoms with Gasteiger partial charge in [-0.3, -0.25) is 4.79 Å². The van der Waals surface area contributed by atoms with Gasteiger partial charge in [-0.2, -0.15) is 0 Å². The lowest BCUT2D eigenvalue weighted by Crippen LogP contribution is -2.10. The molecule has 0 saturated carbocycles. The second-order valence-corrected chi connectivity index (χ2v) is 2.41. The zero-order valence-electron chi connectivity index (χ0n) is 7.17. The lowest BCUT2D eigenvalue weighted by atomic mass is 10.1. The number of hydrogen-bond acceptors (Lipinski definition) is 3. The molecule has 1 atom stereocenters. The van der Waals surface area contributed by atoms with Gasteiger partial charge in [-0.05, 0) is 19.8 Å². The molecule has 0 spiro atoms. The first-order chi connectivity index (χ1) is 5.20. The molecule has 0 heterocycles. The Hall–Kier alpha value is -0.570. The summed E-state index contributed by atoms with van der Waals surface area (Å²) in [5.74, 6) is -0.222. The van der Waals surface area contributed by atoms with Gasteiger partial charge in [-0.25, -0.2) is 0 Å². The highest BCUT2D eigenvalue weighted by molar-refractivity contribution is 5.69. The lowest BCUT2D eigenvalue weighted by Gasteiger charge is -2.05. The van der Waals surface area contributed by atoms with E-state index in [-0.39, 0.29) is 12.1 Å². The molecule has 0 aromatic carbocycles. The van der Waals surface area contributed by atoms with Gasteiger partial charge in [0.05, 0.1) is 12.7 Å². The molecule has 0 rings (SSSR count). The first-order valence-electron chi connectivity index (χ1n) is 4.04. The Balaban J connectivity index is 3.30. The summed E-state index contributed by atoms with van der Waals surface area (Å²) in [4.78, 5) is 10.7. The van der Waals surface area contributed by atoms with Crippen LogP contribution >= 0.6 is 0 Å². The normalized spacial score (nSPS) is 12.6. The number of hydrogen-bond donors (Lipinski definition) is 1. The van der Waals surface area contributed by atoms with Gasteiger partial charge < -0.3 is 9.84 Å². The standard InChI is InChI=1S/C8H16O3/c1-3-7(9)5-6-8(10)11-4-2/h7,9H,3-6H2,1-2H3/t7-/m1/s1. The van der Waals surface area contributed by atoms with Crippen molar-refractivity contribution in [3.8, 4) is 0 Å². The summed E-state index contributed by atoms with van der Waals surface area (Å²) in [5.41, 5.74) is 0. The first-order valence-corrected chi connectivity index (χ1v) is 4.04. The van der Waals surface area contributed by atoms with Crippen molar-refractivity contribution >= 4 is 5.97 Å². The number of aliphatic hydroxyl groups excluding tert-OH is 1. The summed E-state index contributed by atoms with van der Waals surface area (Å²) in [5, 5.41) is 9.07. The predicted molar refractivity (Wildman–Crippen MR) is 42.2 cm³/mol. The molecule has 0 aliphatic rings. The van der Waals surface area contributed by atoms with Crippen molar-refractivity contribution in [1.29, 1.82) is 0 Å². The lowest BCUT2D eigenvalue weighted by molar-refractivity contribution is -0.143. The van der Waals surface area contributed by atoms with Crippen molar-refractivity contribution in [2.24, 2.45) is 0 Å². The van der Waals surface area contributed by atoms with Gasteiger partial charge in [-0.15, -0.1) is 0 Å². The van der Waals surface area contributed by atoms with E-state index < -0.39 is 0 Å². The maximum absolute atomic E-state index is 10.7. The zero-order chi connectivity index (χ0) is 8.69. The number of carbonyl (C=O) groups is 1. The maximum Gasteiger partial charge on any atom is 0.305 e. The Morgan fingerprint density at radius 2 is 2.18 bits per heavy atom.